The average molecular weight is 273 g/mol. The topological polar surface area (TPSA) is 75.6 Å². The van der Waals surface area contributed by atoms with Gasteiger partial charge in [0.25, 0.3) is 0 Å². The van der Waals surface area contributed by atoms with Gasteiger partial charge in [-0.15, -0.1) is 0 Å². The third-order valence-electron chi connectivity index (χ3n) is 2.80. The van der Waals surface area contributed by atoms with E-state index in [9.17, 15) is 9.59 Å². The molecule has 5 nitrogen and oxygen atoms in total. The quantitative estimate of drug-likeness (QED) is 0.719. The first kappa shape index (κ1) is 17.9. The van der Waals surface area contributed by atoms with E-state index in [1.807, 2.05) is 13.8 Å². The summed E-state index contributed by atoms with van der Waals surface area (Å²) in [5.41, 5.74) is -0.571. The van der Waals surface area contributed by atoms with Crippen LogP contribution in [0.2, 0.25) is 0 Å². The molecule has 0 aliphatic rings. The predicted octanol–water partition coefficient (Wildman–Crippen LogP) is 1.49. The molecule has 0 aromatic heterocycles. The number of aliphatic hydroxyl groups is 1. The van der Waals surface area contributed by atoms with Crippen LogP contribution in [-0.2, 0) is 14.3 Å². The number of hydrogen-bond acceptors (Lipinski definition) is 4. The lowest BCUT2D eigenvalue weighted by Crippen LogP contribution is -2.48. The zero-order valence-corrected chi connectivity index (χ0v) is 12.9. The van der Waals surface area contributed by atoms with Crippen LogP contribution in [0.5, 0.6) is 0 Å². The van der Waals surface area contributed by atoms with Crippen molar-refractivity contribution in [2.24, 2.45) is 10.8 Å². The summed E-state index contributed by atoms with van der Waals surface area (Å²) in [7, 11) is 1.26. The molecule has 0 rings (SSSR count). The summed E-state index contributed by atoms with van der Waals surface area (Å²) in [5, 5.41) is 11.6. The minimum atomic E-state index is -0.790. The van der Waals surface area contributed by atoms with Gasteiger partial charge in [-0.25, -0.2) is 4.79 Å². The van der Waals surface area contributed by atoms with E-state index >= 15 is 0 Å². The summed E-state index contributed by atoms with van der Waals surface area (Å²) in [4.78, 5) is 23.7. The maximum absolute atomic E-state index is 12.2. The van der Waals surface area contributed by atoms with Crippen molar-refractivity contribution in [2.75, 3.05) is 13.7 Å². The smallest absolute Gasteiger partial charge is 0.328 e. The largest absolute Gasteiger partial charge is 0.467 e. The number of methoxy groups -OCH3 is 1. The van der Waals surface area contributed by atoms with Crippen molar-refractivity contribution in [1.82, 2.24) is 5.32 Å². The molecule has 0 heterocycles. The minimum Gasteiger partial charge on any atom is -0.467 e. The lowest BCUT2D eigenvalue weighted by atomic mass is 9.75. The highest BCUT2D eigenvalue weighted by atomic mass is 16.5. The van der Waals surface area contributed by atoms with Crippen LogP contribution in [0.25, 0.3) is 0 Å². The van der Waals surface area contributed by atoms with Crippen molar-refractivity contribution in [3.8, 4) is 0 Å². The van der Waals surface area contributed by atoms with Crippen LogP contribution in [0.1, 0.15) is 47.5 Å². The monoisotopic (exact) mass is 273 g/mol. The summed E-state index contributed by atoms with van der Waals surface area (Å²) in [5.74, 6) is -0.736. The minimum absolute atomic E-state index is 0.0125. The summed E-state index contributed by atoms with van der Waals surface area (Å²) >= 11 is 0. The number of ether oxygens (including phenoxy) is 1. The second-order valence-corrected chi connectivity index (χ2v) is 6.68. The average Bonchev–Trinajstić information content (AvgIpc) is 2.24. The summed E-state index contributed by atoms with van der Waals surface area (Å²) < 4.78 is 4.61. The Morgan fingerprint density at radius 3 is 2.11 bits per heavy atom. The molecule has 0 fully saturated rings. The first-order valence-electron chi connectivity index (χ1n) is 6.53. The third-order valence-corrected chi connectivity index (χ3v) is 2.80. The SMILES string of the molecule is COC(=O)C(CCO)NC(=O)C(C)(C)CC(C)(C)C. The van der Waals surface area contributed by atoms with Gasteiger partial charge in [0.05, 0.1) is 7.11 Å². The lowest BCUT2D eigenvalue weighted by molar-refractivity contribution is -0.147. The van der Waals surface area contributed by atoms with Crippen molar-refractivity contribution >= 4 is 11.9 Å². The van der Waals surface area contributed by atoms with Crippen LogP contribution in [0, 0.1) is 10.8 Å². The van der Waals surface area contributed by atoms with Gasteiger partial charge in [-0.1, -0.05) is 34.6 Å². The molecular weight excluding hydrogens is 246 g/mol. The van der Waals surface area contributed by atoms with Crippen LogP contribution in [-0.4, -0.2) is 36.7 Å². The zero-order chi connectivity index (χ0) is 15.3. The first-order chi connectivity index (χ1) is 8.53. The number of carbonyl (C=O) groups excluding carboxylic acids is 2. The van der Waals surface area contributed by atoms with Gasteiger partial charge in [0.1, 0.15) is 6.04 Å². The van der Waals surface area contributed by atoms with Crippen LogP contribution < -0.4 is 5.32 Å². The highest BCUT2D eigenvalue weighted by Gasteiger charge is 2.34. The van der Waals surface area contributed by atoms with Gasteiger partial charge in [-0.05, 0) is 11.8 Å². The van der Waals surface area contributed by atoms with Gasteiger partial charge >= 0.3 is 5.97 Å². The normalized spacial score (nSPS) is 13.8. The maximum atomic E-state index is 12.2. The Balaban J connectivity index is 4.75. The second-order valence-electron chi connectivity index (χ2n) is 6.68. The van der Waals surface area contributed by atoms with E-state index < -0.39 is 17.4 Å². The Morgan fingerprint density at radius 1 is 1.21 bits per heavy atom. The highest BCUT2D eigenvalue weighted by molar-refractivity contribution is 5.87. The van der Waals surface area contributed by atoms with E-state index in [4.69, 9.17) is 5.11 Å². The van der Waals surface area contributed by atoms with Gasteiger partial charge < -0.3 is 15.2 Å². The number of carbonyl (C=O) groups is 2. The van der Waals surface area contributed by atoms with Crippen LogP contribution in [0.15, 0.2) is 0 Å². The fourth-order valence-electron chi connectivity index (χ4n) is 2.28. The Kier molecular flexibility index (Phi) is 6.49. The number of aliphatic hydroxyl groups excluding tert-OH is 1. The Labute approximate surface area is 115 Å². The molecule has 0 saturated carbocycles. The molecule has 0 aliphatic heterocycles. The van der Waals surface area contributed by atoms with Crippen molar-refractivity contribution in [2.45, 2.75) is 53.5 Å². The van der Waals surface area contributed by atoms with Crippen molar-refractivity contribution in [3.05, 3.63) is 0 Å². The number of nitrogens with one attached hydrogen (secondary N) is 1. The predicted molar refractivity (Wildman–Crippen MR) is 73.5 cm³/mol. The number of hydrogen-bond donors (Lipinski definition) is 2. The molecule has 0 saturated heterocycles. The highest BCUT2D eigenvalue weighted by Crippen LogP contribution is 2.33. The molecule has 1 amide bonds. The Bertz CT molecular complexity index is 318. The van der Waals surface area contributed by atoms with E-state index in [2.05, 4.69) is 30.8 Å². The molecule has 2 N–H and O–H groups in total. The molecule has 1 unspecified atom stereocenters. The number of rotatable bonds is 6. The molecule has 1 atom stereocenters. The van der Waals surface area contributed by atoms with Crippen LogP contribution in [0.4, 0.5) is 0 Å². The second kappa shape index (κ2) is 6.89. The summed E-state index contributed by atoms with van der Waals surface area (Å²) in [6.45, 7) is 9.70. The first-order valence-corrected chi connectivity index (χ1v) is 6.53. The molecule has 0 aromatic carbocycles. The lowest BCUT2D eigenvalue weighted by Gasteiger charge is -2.32. The van der Waals surface area contributed by atoms with E-state index in [0.717, 1.165) is 0 Å². The van der Waals surface area contributed by atoms with Gasteiger partial charge in [-0.2, -0.15) is 0 Å². The van der Waals surface area contributed by atoms with E-state index in [1.54, 1.807) is 0 Å². The van der Waals surface area contributed by atoms with E-state index in [1.165, 1.54) is 7.11 Å². The third kappa shape index (κ3) is 6.57. The van der Waals surface area contributed by atoms with Crippen molar-refractivity contribution in [1.29, 1.82) is 0 Å². The molecular formula is C14H27NO4. The van der Waals surface area contributed by atoms with Crippen molar-refractivity contribution < 1.29 is 19.4 Å². The molecule has 19 heavy (non-hydrogen) atoms. The van der Waals surface area contributed by atoms with Gasteiger partial charge in [0.2, 0.25) is 5.91 Å². The fraction of sp³-hybridized carbons (Fsp3) is 0.857. The van der Waals surface area contributed by atoms with Crippen LogP contribution >= 0.6 is 0 Å². The van der Waals surface area contributed by atoms with Crippen molar-refractivity contribution in [3.63, 3.8) is 0 Å². The molecule has 0 bridgehead atoms. The molecule has 0 aliphatic carbocycles. The van der Waals surface area contributed by atoms with Gasteiger partial charge in [0, 0.05) is 18.4 Å². The molecule has 0 aromatic rings. The maximum Gasteiger partial charge on any atom is 0.328 e. The summed E-state index contributed by atoms with van der Waals surface area (Å²) in [6, 6.07) is -0.790. The Morgan fingerprint density at radius 2 is 1.74 bits per heavy atom. The molecule has 112 valence electrons. The van der Waals surface area contributed by atoms with E-state index in [-0.39, 0.29) is 24.3 Å². The van der Waals surface area contributed by atoms with Gasteiger partial charge in [0.15, 0.2) is 0 Å². The fourth-order valence-corrected chi connectivity index (χ4v) is 2.28. The molecule has 5 heteroatoms. The molecule has 0 spiro atoms. The summed E-state index contributed by atoms with van der Waals surface area (Å²) in [6.07, 6.45) is 0.850. The van der Waals surface area contributed by atoms with E-state index in [0.29, 0.717) is 6.42 Å². The number of esters is 1. The zero-order valence-electron chi connectivity index (χ0n) is 12.9. The van der Waals surface area contributed by atoms with Crippen LogP contribution in [0.3, 0.4) is 0 Å². The van der Waals surface area contributed by atoms with Gasteiger partial charge in [-0.3, -0.25) is 4.79 Å². The molecule has 0 radical (unpaired) electrons. The standard InChI is InChI=1S/C14H27NO4/c1-13(2,3)9-14(4,5)12(18)15-10(7-8-16)11(17)19-6/h10,16H,7-9H2,1-6H3,(H,15,18). The Hall–Kier alpha value is -1.10. The number of amides is 1.